The monoisotopic (exact) mass is 453 g/mol. The molecule has 164 valence electrons. The molecule has 0 fully saturated rings. The van der Waals surface area contributed by atoms with Crippen LogP contribution in [0.25, 0.3) is 0 Å². The molecule has 0 saturated heterocycles. The molecule has 3 aromatic carbocycles. The zero-order chi connectivity index (χ0) is 22.9. The fraction of sp³-hybridized carbons (Fsp3) is 0.125. The topological polar surface area (TPSA) is 83.9 Å². The second-order valence-corrected chi connectivity index (χ2v) is 9.00. The Kier molecular flexibility index (Phi) is 5.71. The maximum atomic E-state index is 13.5. The van der Waals surface area contributed by atoms with E-state index in [2.05, 4.69) is 0 Å². The number of hydrogen-bond donors (Lipinski definition) is 1. The highest BCUT2D eigenvalue weighted by Crippen LogP contribution is 2.45. The minimum Gasteiger partial charge on any atom is -0.502 e. The lowest BCUT2D eigenvalue weighted by Crippen LogP contribution is -2.31. The fourth-order valence-electron chi connectivity index (χ4n) is 3.67. The van der Waals surface area contributed by atoms with Crippen LogP contribution in [0.4, 0.5) is 10.1 Å². The zero-order valence-electron chi connectivity index (χ0n) is 17.1. The minimum atomic E-state index is -4.23. The Morgan fingerprint density at radius 2 is 1.59 bits per heavy atom. The van der Waals surface area contributed by atoms with Crippen LogP contribution < -0.4 is 9.64 Å². The summed E-state index contributed by atoms with van der Waals surface area (Å²) >= 11 is 0. The van der Waals surface area contributed by atoms with Gasteiger partial charge in [0.05, 0.1) is 11.5 Å². The minimum absolute atomic E-state index is 0.0498. The molecule has 1 atom stereocenters. The molecule has 0 aromatic heterocycles. The first-order chi connectivity index (χ1) is 15.3. The summed E-state index contributed by atoms with van der Waals surface area (Å²) in [5.74, 6) is -1.68. The van der Waals surface area contributed by atoms with Gasteiger partial charge < -0.3 is 9.84 Å². The average molecular weight is 453 g/mol. The van der Waals surface area contributed by atoms with E-state index in [0.29, 0.717) is 17.9 Å². The molecule has 1 heterocycles. The van der Waals surface area contributed by atoms with Gasteiger partial charge in [0.2, 0.25) is 9.84 Å². The Morgan fingerprint density at radius 3 is 2.19 bits per heavy atom. The number of anilines is 1. The Morgan fingerprint density at radius 1 is 0.969 bits per heavy atom. The van der Waals surface area contributed by atoms with Gasteiger partial charge in [-0.3, -0.25) is 9.69 Å². The van der Waals surface area contributed by atoms with Crippen LogP contribution in [0, 0.1) is 5.82 Å². The van der Waals surface area contributed by atoms with E-state index in [1.54, 1.807) is 42.5 Å². The van der Waals surface area contributed by atoms with Crippen molar-refractivity contribution in [2.45, 2.75) is 17.9 Å². The van der Waals surface area contributed by atoms with E-state index in [1.165, 1.54) is 36.4 Å². The largest absolute Gasteiger partial charge is 0.502 e. The van der Waals surface area contributed by atoms with Gasteiger partial charge in [0, 0.05) is 5.69 Å². The molecule has 0 aliphatic carbocycles. The van der Waals surface area contributed by atoms with E-state index >= 15 is 0 Å². The molecule has 1 N–H and O–H groups in total. The number of halogens is 1. The summed E-state index contributed by atoms with van der Waals surface area (Å²) in [5.41, 5.74) is 0.699. The maximum Gasteiger partial charge on any atom is 0.295 e. The molecular formula is C24H20FNO5S. The highest BCUT2D eigenvalue weighted by molar-refractivity contribution is 7.95. The predicted octanol–water partition coefficient (Wildman–Crippen LogP) is 4.56. The summed E-state index contributed by atoms with van der Waals surface area (Å²) < 4.78 is 45.9. The summed E-state index contributed by atoms with van der Waals surface area (Å²) in [6, 6.07) is 18.1. The quantitative estimate of drug-likeness (QED) is 0.592. The van der Waals surface area contributed by atoms with Crippen molar-refractivity contribution >= 4 is 21.4 Å². The van der Waals surface area contributed by atoms with E-state index in [1.807, 2.05) is 6.92 Å². The van der Waals surface area contributed by atoms with E-state index in [4.69, 9.17) is 4.74 Å². The van der Waals surface area contributed by atoms with Crippen molar-refractivity contribution in [1.82, 2.24) is 0 Å². The Hall–Kier alpha value is -3.65. The summed E-state index contributed by atoms with van der Waals surface area (Å²) in [6.45, 7) is 2.29. The first kappa shape index (κ1) is 21.6. The maximum absolute atomic E-state index is 13.5. The van der Waals surface area contributed by atoms with Crippen molar-refractivity contribution in [3.63, 3.8) is 0 Å². The van der Waals surface area contributed by atoms with Crippen molar-refractivity contribution < 1.29 is 27.4 Å². The molecule has 0 saturated carbocycles. The van der Waals surface area contributed by atoms with E-state index in [9.17, 15) is 22.7 Å². The van der Waals surface area contributed by atoms with Gasteiger partial charge in [0.25, 0.3) is 5.91 Å². The van der Waals surface area contributed by atoms with Gasteiger partial charge in [-0.25, -0.2) is 12.8 Å². The Balaban J connectivity index is 1.90. The lowest BCUT2D eigenvalue weighted by molar-refractivity contribution is -0.117. The van der Waals surface area contributed by atoms with Crippen LogP contribution in [-0.4, -0.2) is 26.0 Å². The molecule has 1 aliphatic heterocycles. The Bertz CT molecular complexity index is 1270. The third-order valence-electron chi connectivity index (χ3n) is 5.12. The lowest BCUT2D eigenvalue weighted by Gasteiger charge is -2.27. The molecule has 3 aromatic rings. The summed E-state index contributed by atoms with van der Waals surface area (Å²) in [5, 5.41) is 10.7. The second-order valence-electron chi connectivity index (χ2n) is 7.09. The standard InChI is InChI=1S/C24H20FNO5S/c1-2-31-19-14-8-16(9-15-19)21-23(32(29,30)20-6-4-3-5-7-20)22(27)24(28)26(21)18-12-10-17(25)11-13-18/h3-15,21,27H,2H2,1H3. The van der Waals surface area contributed by atoms with Gasteiger partial charge >= 0.3 is 0 Å². The number of sulfone groups is 1. The second kappa shape index (κ2) is 8.47. The van der Waals surface area contributed by atoms with Crippen LogP contribution in [0.3, 0.4) is 0 Å². The van der Waals surface area contributed by atoms with Crippen molar-refractivity contribution in [3.05, 3.63) is 101 Å². The zero-order valence-corrected chi connectivity index (χ0v) is 17.9. The lowest BCUT2D eigenvalue weighted by atomic mass is 10.1. The first-order valence-corrected chi connectivity index (χ1v) is 11.4. The molecule has 1 unspecified atom stereocenters. The van der Waals surface area contributed by atoms with Gasteiger partial charge in [-0.1, -0.05) is 30.3 Å². The van der Waals surface area contributed by atoms with Gasteiger partial charge in [0.15, 0.2) is 5.76 Å². The molecule has 32 heavy (non-hydrogen) atoms. The molecule has 4 rings (SSSR count). The highest BCUT2D eigenvalue weighted by Gasteiger charge is 2.47. The third kappa shape index (κ3) is 3.73. The fourth-order valence-corrected chi connectivity index (χ4v) is 5.31. The molecule has 8 heteroatoms. The van der Waals surface area contributed by atoms with Gasteiger partial charge in [0.1, 0.15) is 22.5 Å². The summed E-state index contributed by atoms with van der Waals surface area (Å²) in [6.07, 6.45) is 0. The van der Waals surface area contributed by atoms with E-state index < -0.39 is 38.3 Å². The van der Waals surface area contributed by atoms with Crippen LogP contribution in [0.15, 0.2) is 94.4 Å². The number of carbonyl (C=O) groups excluding carboxylic acids is 1. The molecule has 6 nitrogen and oxygen atoms in total. The number of aliphatic hydroxyl groups is 1. The van der Waals surface area contributed by atoms with Crippen LogP contribution >= 0.6 is 0 Å². The van der Waals surface area contributed by atoms with Crippen molar-refractivity contribution in [1.29, 1.82) is 0 Å². The van der Waals surface area contributed by atoms with Crippen LogP contribution in [0.2, 0.25) is 0 Å². The molecular weight excluding hydrogens is 433 g/mol. The summed E-state index contributed by atoms with van der Waals surface area (Å²) in [7, 11) is -4.23. The number of ether oxygens (including phenoxy) is 1. The smallest absolute Gasteiger partial charge is 0.295 e. The number of rotatable bonds is 6. The van der Waals surface area contributed by atoms with Gasteiger partial charge in [-0.05, 0) is 61.0 Å². The number of hydrogen-bond acceptors (Lipinski definition) is 5. The number of carbonyl (C=O) groups is 1. The normalized spacial score (nSPS) is 16.5. The molecule has 0 spiro atoms. The first-order valence-electron chi connectivity index (χ1n) is 9.89. The van der Waals surface area contributed by atoms with Crippen LogP contribution in [0.5, 0.6) is 5.75 Å². The van der Waals surface area contributed by atoms with Gasteiger partial charge in [-0.15, -0.1) is 0 Å². The molecule has 1 amide bonds. The van der Waals surface area contributed by atoms with Crippen LogP contribution in [-0.2, 0) is 14.6 Å². The number of benzene rings is 3. The highest BCUT2D eigenvalue weighted by atomic mass is 32.2. The molecule has 0 radical (unpaired) electrons. The SMILES string of the molecule is CCOc1ccc(C2C(S(=O)(=O)c3ccccc3)=C(O)C(=O)N2c2ccc(F)cc2)cc1. The van der Waals surface area contributed by atoms with E-state index in [-0.39, 0.29) is 10.6 Å². The van der Waals surface area contributed by atoms with Crippen molar-refractivity contribution in [2.24, 2.45) is 0 Å². The Labute approximate surface area is 185 Å². The van der Waals surface area contributed by atoms with Gasteiger partial charge in [-0.2, -0.15) is 0 Å². The number of aliphatic hydroxyl groups excluding tert-OH is 1. The van der Waals surface area contributed by atoms with E-state index in [0.717, 1.165) is 4.90 Å². The molecule has 1 aliphatic rings. The predicted molar refractivity (Wildman–Crippen MR) is 118 cm³/mol. The third-order valence-corrected chi connectivity index (χ3v) is 7.00. The summed E-state index contributed by atoms with van der Waals surface area (Å²) in [4.78, 5) is 13.7. The number of nitrogens with zero attached hydrogens (tertiary/aromatic N) is 1. The molecule has 0 bridgehead atoms. The van der Waals surface area contributed by atoms with Crippen molar-refractivity contribution in [2.75, 3.05) is 11.5 Å². The number of amides is 1. The van der Waals surface area contributed by atoms with Crippen molar-refractivity contribution in [3.8, 4) is 5.75 Å². The van der Waals surface area contributed by atoms with Crippen LogP contribution in [0.1, 0.15) is 18.5 Å². The average Bonchev–Trinajstić information content (AvgIpc) is 3.07.